The van der Waals surface area contributed by atoms with Crippen molar-refractivity contribution < 1.29 is 4.74 Å². The van der Waals surface area contributed by atoms with Gasteiger partial charge < -0.3 is 4.74 Å². The lowest BCUT2D eigenvalue weighted by Gasteiger charge is -2.38. The molecule has 1 saturated heterocycles. The molecule has 0 radical (unpaired) electrons. The third-order valence-electron chi connectivity index (χ3n) is 3.82. The van der Waals surface area contributed by atoms with Gasteiger partial charge in [-0.1, -0.05) is 30.3 Å². The van der Waals surface area contributed by atoms with Crippen molar-refractivity contribution in [2.45, 2.75) is 38.5 Å². The molecule has 1 aliphatic heterocycles. The van der Waals surface area contributed by atoms with Crippen LogP contribution in [0.25, 0.3) is 0 Å². The van der Waals surface area contributed by atoms with Gasteiger partial charge in [-0.2, -0.15) is 0 Å². The second-order valence-electron chi connectivity index (χ2n) is 5.46. The molecule has 1 aromatic rings. The summed E-state index contributed by atoms with van der Waals surface area (Å²) in [6.45, 7) is 7.20. The van der Waals surface area contributed by atoms with E-state index < -0.39 is 0 Å². The molecule has 1 aromatic carbocycles. The minimum atomic E-state index is 0.154. The molecule has 1 heterocycles. The topological polar surface area (TPSA) is 50.5 Å². The van der Waals surface area contributed by atoms with Crippen LogP contribution < -0.4 is 11.3 Å². The number of nitrogens with two attached hydrogens (primary N) is 1. The molecule has 0 bridgehead atoms. The van der Waals surface area contributed by atoms with Gasteiger partial charge in [0.05, 0.1) is 18.8 Å². The molecule has 4 heteroatoms. The van der Waals surface area contributed by atoms with Gasteiger partial charge in [-0.15, -0.1) is 0 Å². The van der Waals surface area contributed by atoms with Crippen molar-refractivity contribution in [1.82, 2.24) is 10.3 Å². The average Bonchev–Trinajstić information content (AvgIpc) is 2.46. The van der Waals surface area contributed by atoms with E-state index in [-0.39, 0.29) is 12.1 Å². The van der Waals surface area contributed by atoms with Gasteiger partial charge in [0, 0.05) is 19.1 Å². The monoisotopic (exact) mass is 263 g/mol. The Bertz CT molecular complexity index is 369. The third kappa shape index (κ3) is 4.01. The van der Waals surface area contributed by atoms with Crippen LogP contribution in [0.2, 0.25) is 0 Å². The van der Waals surface area contributed by atoms with Crippen molar-refractivity contribution in [1.29, 1.82) is 0 Å². The largest absolute Gasteiger partial charge is 0.374 e. The van der Waals surface area contributed by atoms with E-state index in [1.54, 1.807) is 0 Å². The SMILES string of the molecule is CC(C)N1CCOC(C(Cc2ccccc2)NN)C1. The van der Waals surface area contributed by atoms with Crippen LogP contribution in [0.4, 0.5) is 0 Å². The molecule has 19 heavy (non-hydrogen) atoms. The standard InChI is InChI=1S/C15H25N3O/c1-12(2)18-8-9-19-15(11-18)14(17-16)10-13-6-4-3-5-7-13/h3-7,12,14-15,17H,8-11,16H2,1-2H3. The fourth-order valence-corrected chi connectivity index (χ4v) is 2.57. The lowest BCUT2D eigenvalue weighted by atomic mass is 10.00. The van der Waals surface area contributed by atoms with Crippen LogP contribution in [0, 0.1) is 0 Å². The molecule has 1 fully saturated rings. The molecule has 2 atom stereocenters. The molecule has 0 spiro atoms. The van der Waals surface area contributed by atoms with Crippen molar-refractivity contribution in [2.75, 3.05) is 19.7 Å². The predicted octanol–water partition coefficient (Wildman–Crippen LogP) is 1.17. The second-order valence-corrected chi connectivity index (χ2v) is 5.46. The molecule has 0 saturated carbocycles. The number of hydrogen-bond donors (Lipinski definition) is 2. The van der Waals surface area contributed by atoms with Gasteiger partial charge in [0.2, 0.25) is 0 Å². The van der Waals surface area contributed by atoms with Crippen molar-refractivity contribution in [3.8, 4) is 0 Å². The first-order chi connectivity index (χ1) is 9.20. The molecular weight excluding hydrogens is 238 g/mol. The molecule has 0 aliphatic carbocycles. The number of nitrogens with zero attached hydrogens (tertiary/aromatic N) is 1. The van der Waals surface area contributed by atoms with Gasteiger partial charge in [-0.05, 0) is 25.8 Å². The zero-order valence-corrected chi connectivity index (χ0v) is 11.9. The van der Waals surface area contributed by atoms with Crippen LogP contribution in [0.5, 0.6) is 0 Å². The highest BCUT2D eigenvalue weighted by molar-refractivity contribution is 5.16. The van der Waals surface area contributed by atoms with E-state index in [4.69, 9.17) is 10.6 Å². The van der Waals surface area contributed by atoms with Crippen LogP contribution in [0.3, 0.4) is 0 Å². The summed E-state index contributed by atoms with van der Waals surface area (Å²) in [5.41, 5.74) is 4.22. The first-order valence-corrected chi connectivity index (χ1v) is 7.06. The van der Waals surface area contributed by atoms with Gasteiger partial charge in [-0.25, -0.2) is 0 Å². The number of benzene rings is 1. The number of hydrogen-bond acceptors (Lipinski definition) is 4. The Balaban J connectivity index is 1.97. The first kappa shape index (κ1) is 14.5. The summed E-state index contributed by atoms with van der Waals surface area (Å²) in [7, 11) is 0. The van der Waals surface area contributed by atoms with Gasteiger partial charge in [0.1, 0.15) is 0 Å². The van der Waals surface area contributed by atoms with Crippen molar-refractivity contribution >= 4 is 0 Å². The van der Waals surface area contributed by atoms with Crippen LogP contribution >= 0.6 is 0 Å². The van der Waals surface area contributed by atoms with Crippen LogP contribution in [-0.4, -0.2) is 42.8 Å². The van der Waals surface area contributed by atoms with Gasteiger partial charge in [0.15, 0.2) is 0 Å². The van der Waals surface area contributed by atoms with E-state index in [0.717, 1.165) is 26.1 Å². The summed E-state index contributed by atoms with van der Waals surface area (Å²) in [5, 5.41) is 0. The molecular formula is C15H25N3O. The highest BCUT2D eigenvalue weighted by Crippen LogP contribution is 2.14. The quantitative estimate of drug-likeness (QED) is 0.618. The summed E-state index contributed by atoms with van der Waals surface area (Å²) < 4.78 is 5.90. The van der Waals surface area contributed by atoms with Crippen molar-refractivity contribution in [3.63, 3.8) is 0 Å². The summed E-state index contributed by atoms with van der Waals surface area (Å²) in [6, 6.07) is 11.1. The first-order valence-electron chi connectivity index (χ1n) is 7.06. The Morgan fingerprint density at radius 3 is 2.74 bits per heavy atom. The Hall–Kier alpha value is -0.940. The van der Waals surface area contributed by atoms with E-state index in [2.05, 4.69) is 48.4 Å². The predicted molar refractivity (Wildman–Crippen MR) is 77.7 cm³/mol. The minimum Gasteiger partial charge on any atom is -0.374 e. The second kappa shape index (κ2) is 7.01. The van der Waals surface area contributed by atoms with Crippen molar-refractivity contribution in [3.05, 3.63) is 35.9 Å². The van der Waals surface area contributed by atoms with E-state index in [9.17, 15) is 0 Å². The molecule has 1 aliphatic rings. The summed E-state index contributed by atoms with van der Waals surface area (Å²) in [6.07, 6.45) is 1.05. The zero-order chi connectivity index (χ0) is 13.7. The lowest BCUT2D eigenvalue weighted by molar-refractivity contribution is -0.0552. The number of nitrogens with one attached hydrogen (secondary N) is 1. The van der Waals surface area contributed by atoms with E-state index in [1.807, 2.05) is 6.07 Å². The number of rotatable bonds is 5. The normalized spacial score (nSPS) is 22.6. The fourth-order valence-electron chi connectivity index (χ4n) is 2.57. The molecule has 3 N–H and O–H groups in total. The van der Waals surface area contributed by atoms with Crippen LogP contribution in [0.1, 0.15) is 19.4 Å². The van der Waals surface area contributed by atoms with Gasteiger partial charge in [-0.3, -0.25) is 16.2 Å². The smallest absolute Gasteiger partial charge is 0.0872 e. The number of ether oxygens (including phenoxy) is 1. The lowest BCUT2D eigenvalue weighted by Crippen LogP contribution is -2.56. The van der Waals surface area contributed by atoms with E-state index in [1.165, 1.54) is 5.56 Å². The molecule has 2 rings (SSSR count). The maximum absolute atomic E-state index is 5.90. The zero-order valence-electron chi connectivity index (χ0n) is 11.9. The fraction of sp³-hybridized carbons (Fsp3) is 0.600. The highest BCUT2D eigenvalue weighted by Gasteiger charge is 2.28. The maximum Gasteiger partial charge on any atom is 0.0872 e. The molecule has 2 unspecified atom stereocenters. The number of hydrazine groups is 1. The average molecular weight is 263 g/mol. The molecule has 106 valence electrons. The molecule has 0 amide bonds. The maximum atomic E-state index is 5.90. The Labute approximate surface area is 115 Å². The van der Waals surface area contributed by atoms with Crippen LogP contribution in [-0.2, 0) is 11.2 Å². The molecule has 4 nitrogen and oxygen atoms in total. The number of morpholine rings is 1. The van der Waals surface area contributed by atoms with Gasteiger partial charge in [0.25, 0.3) is 0 Å². The van der Waals surface area contributed by atoms with Crippen LogP contribution in [0.15, 0.2) is 30.3 Å². The third-order valence-corrected chi connectivity index (χ3v) is 3.82. The van der Waals surface area contributed by atoms with E-state index >= 15 is 0 Å². The highest BCUT2D eigenvalue weighted by atomic mass is 16.5. The van der Waals surface area contributed by atoms with Gasteiger partial charge >= 0.3 is 0 Å². The summed E-state index contributed by atoms with van der Waals surface area (Å²) in [4.78, 5) is 2.45. The summed E-state index contributed by atoms with van der Waals surface area (Å²) >= 11 is 0. The summed E-state index contributed by atoms with van der Waals surface area (Å²) in [5.74, 6) is 5.72. The Morgan fingerprint density at radius 2 is 2.11 bits per heavy atom. The van der Waals surface area contributed by atoms with Crippen molar-refractivity contribution in [2.24, 2.45) is 5.84 Å². The minimum absolute atomic E-state index is 0.154. The molecule has 0 aromatic heterocycles. The Morgan fingerprint density at radius 1 is 1.37 bits per heavy atom. The Kier molecular flexibility index (Phi) is 5.34. The van der Waals surface area contributed by atoms with E-state index in [0.29, 0.717) is 6.04 Å².